The van der Waals surface area contributed by atoms with Crippen molar-refractivity contribution in [3.8, 4) is 17.2 Å². The Balaban J connectivity index is 3.18. The van der Waals surface area contributed by atoms with Crippen molar-refractivity contribution in [2.24, 2.45) is 5.11 Å². The van der Waals surface area contributed by atoms with Crippen LogP contribution in [-0.2, 0) is 0 Å². The van der Waals surface area contributed by atoms with E-state index < -0.39 is 0 Å². The van der Waals surface area contributed by atoms with E-state index in [1.165, 1.54) is 0 Å². The molecule has 0 saturated carbocycles. The number of ether oxygens (including phenoxy) is 3. The molecule has 17 heavy (non-hydrogen) atoms. The van der Waals surface area contributed by atoms with Crippen molar-refractivity contribution >= 4 is 5.69 Å². The summed E-state index contributed by atoms with van der Waals surface area (Å²) in [4.78, 5) is 0. The maximum Gasteiger partial charge on any atom is 0.150 e. The zero-order valence-corrected chi connectivity index (χ0v) is 10.4. The minimum absolute atomic E-state index is 0.289. The molecule has 0 aromatic heterocycles. The Labute approximate surface area is 101 Å². The lowest BCUT2D eigenvalue weighted by Crippen LogP contribution is -1.99. The van der Waals surface area contributed by atoms with Crippen LogP contribution < -0.4 is 14.2 Å². The molecule has 0 unspecified atom stereocenters. The third kappa shape index (κ3) is 3.34. The molecule has 0 bridgehead atoms. The molecule has 0 N–H and O–H groups in total. The first-order valence-corrected chi connectivity index (χ1v) is 5.68. The van der Waals surface area contributed by atoms with Gasteiger partial charge in [0.25, 0.3) is 0 Å². The average molecular weight is 237 g/mol. The van der Waals surface area contributed by atoms with Gasteiger partial charge in [-0.3, -0.25) is 0 Å². The van der Waals surface area contributed by atoms with Crippen molar-refractivity contribution < 1.29 is 14.2 Å². The summed E-state index contributed by atoms with van der Waals surface area (Å²) >= 11 is 0. The van der Waals surface area contributed by atoms with Crippen LogP contribution in [0.4, 0.5) is 5.69 Å². The van der Waals surface area contributed by atoms with Gasteiger partial charge in [0, 0.05) is 12.1 Å². The van der Waals surface area contributed by atoms with Gasteiger partial charge in [-0.1, -0.05) is 0 Å². The summed E-state index contributed by atoms with van der Waals surface area (Å²) in [5.74, 6) is 1.53. The van der Waals surface area contributed by atoms with Crippen molar-refractivity contribution in [3.63, 3.8) is 0 Å². The third-order valence-corrected chi connectivity index (χ3v) is 2.02. The third-order valence-electron chi connectivity index (χ3n) is 2.02. The molecule has 0 fully saturated rings. The predicted molar refractivity (Wildman–Crippen MR) is 65.4 cm³/mol. The maximum atomic E-state index is 9.00. The largest absolute Gasteiger partial charge is 0.706 e. The van der Waals surface area contributed by atoms with Crippen molar-refractivity contribution in [2.75, 3.05) is 19.8 Å². The van der Waals surface area contributed by atoms with Gasteiger partial charge in [-0.15, -0.1) is 0 Å². The van der Waals surface area contributed by atoms with Crippen LogP contribution in [-0.4, -0.2) is 19.8 Å². The first-order valence-electron chi connectivity index (χ1n) is 5.68. The van der Waals surface area contributed by atoms with Crippen LogP contribution >= 0.6 is 0 Å². The molecule has 0 atom stereocenters. The van der Waals surface area contributed by atoms with E-state index in [0.717, 1.165) is 0 Å². The molecule has 0 saturated heterocycles. The van der Waals surface area contributed by atoms with Crippen molar-refractivity contribution in [1.29, 1.82) is 0 Å². The highest BCUT2D eigenvalue weighted by molar-refractivity contribution is 5.65. The predicted octanol–water partition coefficient (Wildman–Crippen LogP) is 3.54. The number of hydrogen-bond donors (Lipinski definition) is 0. The van der Waals surface area contributed by atoms with Gasteiger partial charge in [0.15, 0.2) is 11.5 Å². The summed E-state index contributed by atoms with van der Waals surface area (Å²) < 4.78 is 16.2. The second-order valence-corrected chi connectivity index (χ2v) is 3.17. The Kier molecular flexibility index (Phi) is 5.26. The van der Waals surface area contributed by atoms with Crippen LogP contribution in [0.25, 0.3) is 5.53 Å². The van der Waals surface area contributed by atoms with Gasteiger partial charge in [-0.25, -0.2) is 0 Å². The molecule has 0 spiro atoms. The van der Waals surface area contributed by atoms with Crippen molar-refractivity contribution in [2.45, 2.75) is 20.8 Å². The molecule has 0 aliphatic carbocycles. The first kappa shape index (κ1) is 13.3. The zero-order chi connectivity index (χ0) is 12.7. The molecule has 1 aromatic carbocycles. The minimum Gasteiger partial charge on any atom is -0.706 e. The molecule has 1 aromatic rings. The molecular formula is C12H17N2O3-. The summed E-state index contributed by atoms with van der Waals surface area (Å²) in [5, 5.41) is 3.20. The summed E-state index contributed by atoms with van der Waals surface area (Å²) in [5.41, 5.74) is 9.29. The van der Waals surface area contributed by atoms with Gasteiger partial charge in [-0.2, -0.15) is 0 Å². The molecule has 94 valence electrons. The molecule has 0 aliphatic heterocycles. The second kappa shape index (κ2) is 6.73. The van der Waals surface area contributed by atoms with Crippen molar-refractivity contribution in [3.05, 3.63) is 17.7 Å². The lowest BCUT2D eigenvalue weighted by molar-refractivity contribution is 0.309. The lowest BCUT2D eigenvalue weighted by Gasteiger charge is -2.15. The van der Waals surface area contributed by atoms with E-state index in [4.69, 9.17) is 19.7 Å². The molecule has 0 radical (unpaired) electrons. The van der Waals surface area contributed by atoms with Crippen LogP contribution in [0, 0.1) is 0 Å². The Morgan fingerprint density at radius 2 is 1.41 bits per heavy atom. The van der Waals surface area contributed by atoms with Gasteiger partial charge >= 0.3 is 0 Å². The molecule has 1 rings (SSSR count). The van der Waals surface area contributed by atoms with Crippen LogP contribution in [0.5, 0.6) is 17.2 Å². The SMILES string of the molecule is CCOc1cc(OCC)c(N=[N-])c(OCC)c1. The molecule has 0 amide bonds. The summed E-state index contributed by atoms with van der Waals surface area (Å²) in [7, 11) is 0. The number of nitrogens with zero attached hydrogens (tertiary/aromatic N) is 2. The van der Waals surface area contributed by atoms with E-state index in [0.29, 0.717) is 37.1 Å². The molecule has 0 heterocycles. The highest BCUT2D eigenvalue weighted by atomic mass is 16.5. The number of benzene rings is 1. The average Bonchev–Trinajstić information content (AvgIpc) is 2.30. The fourth-order valence-electron chi connectivity index (χ4n) is 1.44. The standard InChI is InChI=1S/C12H17N2O3/c1-4-15-9-7-10(16-5-2)12(14-13)11(8-9)17-6-3/h7-8H,4-6H2,1-3H3/q-1. The van der Waals surface area contributed by atoms with Gasteiger partial charge in [0.05, 0.1) is 19.8 Å². The van der Waals surface area contributed by atoms with E-state index in [9.17, 15) is 0 Å². The summed E-state index contributed by atoms with van der Waals surface area (Å²) in [6.07, 6.45) is 0. The minimum atomic E-state index is 0.289. The van der Waals surface area contributed by atoms with Crippen LogP contribution in [0.15, 0.2) is 17.2 Å². The molecule has 5 heteroatoms. The second-order valence-electron chi connectivity index (χ2n) is 3.17. The Morgan fingerprint density at radius 1 is 0.941 bits per heavy atom. The van der Waals surface area contributed by atoms with E-state index >= 15 is 0 Å². The topological polar surface area (TPSA) is 62.4 Å². The first-order chi connectivity index (χ1) is 8.26. The van der Waals surface area contributed by atoms with E-state index in [1.807, 2.05) is 20.8 Å². The lowest BCUT2D eigenvalue weighted by atomic mass is 10.2. The Hall–Kier alpha value is -1.78. The fourth-order valence-corrected chi connectivity index (χ4v) is 1.44. The molecule has 5 nitrogen and oxygen atoms in total. The van der Waals surface area contributed by atoms with E-state index in [2.05, 4.69) is 5.11 Å². The van der Waals surface area contributed by atoms with Gasteiger partial charge in [0.1, 0.15) is 11.4 Å². The van der Waals surface area contributed by atoms with Gasteiger partial charge < -0.3 is 24.9 Å². The van der Waals surface area contributed by atoms with Crippen LogP contribution in [0.3, 0.4) is 0 Å². The Morgan fingerprint density at radius 3 is 1.76 bits per heavy atom. The highest BCUT2D eigenvalue weighted by Gasteiger charge is 2.11. The van der Waals surface area contributed by atoms with Crippen LogP contribution in [0.1, 0.15) is 20.8 Å². The normalized spacial score (nSPS) is 9.82. The zero-order valence-electron chi connectivity index (χ0n) is 10.4. The van der Waals surface area contributed by atoms with Crippen LogP contribution in [0.2, 0.25) is 0 Å². The van der Waals surface area contributed by atoms with E-state index in [1.54, 1.807) is 12.1 Å². The Bertz CT molecular complexity index is 353. The van der Waals surface area contributed by atoms with Gasteiger partial charge in [-0.05, 0) is 20.8 Å². The number of hydrogen-bond acceptors (Lipinski definition) is 4. The molecular weight excluding hydrogens is 220 g/mol. The monoisotopic (exact) mass is 237 g/mol. The van der Waals surface area contributed by atoms with E-state index in [-0.39, 0.29) is 5.69 Å². The molecule has 0 aliphatic rings. The smallest absolute Gasteiger partial charge is 0.150 e. The highest BCUT2D eigenvalue weighted by Crippen LogP contribution is 2.41. The van der Waals surface area contributed by atoms with Crippen molar-refractivity contribution in [1.82, 2.24) is 0 Å². The summed E-state index contributed by atoms with van der Waals surface area (Å²) in [6, 6.07) is 3.37. The van der Waals surface area contributed by atoms with Gasteiger partial charge in [0.2, 0.25) is 0 Å². The number of rotatable bonds is 7. The fraction of sp³-hybridized carbons (Fsp3) is 0.500. The quantitative estimate of drug-likeness (QED) is 0.681. The summed E-state index contributed by atoms with van der Waals surface area (Å²) in [6.45, 7) is 7.11. The maximum absolute atomic E-state index is 9.00.